The molecule has 0 radical (unpaired) electrons. The molecule has 1 fully saturated rings. The van der Waals surface area contributed by atoms with Crippen LogP contribution in [0.15, 0.2) is 18.5 Å². The highest BCUT2D eigenvalue weighted by Gasteiger charge is 2.11. The van der Waals surface area contributed by atoms with Gasteiger partial charge in [0.25, 0.3) is 0 Å². The van der Waals surface area contributed by atoms with E-state index in [4.69, 9.17) is 9.90 Å². The van der Waals surface area contributed by atoms with Gasteiger partial charge in [0.1, 0.15) is 0 Å². The third-order valence-corrected chi connectivity index (χ3v) is 2.19. The molecule has 0 saturated carbocycles. The van der Waals surface area contributed by atoms with Crippen LogP contribution < -0.4 is 4.90 Å². The third kappa shape index (κ3) is 4.68. The Morgan fingerprint density at radius 2 is 1.75 bits per heavy atom. The van der Waals surface area contributed by atoms with Gasteiger partial charge in [-0.3, -0.25) is 0 Å². The Kier molecular flexibility index (Phi) is 5.18. The van der Waals surface area contributed by atoms with Gasteiger partial charge in [0.15, 0.2) is 0 Å². The summed E-state index contributed by atoms with van der Waals surface area (Å²) >= 11 is 0. The first-order chi connectivity index (χ1) is 7.70. The second-order valence-corrected chi connectivity index (χ2v) is 3.35. The van der Waals surface area contributed by atoms with Crippen LogP contribution in [0.25, 0.3) is 0 Å². The van der Waals surface area contributed by atoms with Crippen molar-refractivity contribution in [1.29, 1.82) is 0 Å². The van der Waals surface area contributed by atoms with Crippen molar-refractivity contribution in [3.63, 3.8) is 0 Å². The summed E-state index contributed by atoms with van der Waals surface area (Å²) in [7, 11) is 0. The van der Waals surface area contributed by atoms with E-state index < -0.39 is 6.22 Å². The van der Waals surface area contributed by atoms with E-state index in [1.165, 1.54) is 19.3 Å². The summed E-state index contributed by atoms with van der Waals surface area (Å²) in [4.78, 5) is 19.0. The maximum Gasteiger partial charge on any atom is 0.492 e. The zero-order chi connectivity index (χ0) is 11.8. The number of halogens is 1. The Bertz CT molecular complexity index is 311. The van der Waals surface area contributed by atoms with E-state index in [2.05, 4.69) is 14.9 Å². The molecule has 6 heteroatoms. The molecular formula is C10H14FN3O2. The zero-order valence-electron chi connectivity index (χ0n) is 8.84. The number of aromatic nitrogens is 2. The van der Waals surface area contributed by atoms with Crippen molar-refractivity contribution >= 4 is 12.2 Å². The number of piperidine rings is 1. The van der Waals surface area contributed by atoms with Gasteiger partial charge >= 0.3 is 6.22 Å². The van der Waals surface area contributed by atoms with Gasteiger partial charge < -0.3 is 10.0 Å². The zero-order valence-corrected chi connectivity index (χ0v) is 8.84. The van der Waals surface area contributed by atoms with E-state index in [9.17, 15) is 4.39 Å². The quantitative estimate of drug-likeness (QED) is 0.744. The van der Waals surface area contributed by atoms with Gasteiger partial charge in [-0.15, -0.1) is 4.39 Å². The van der Waals surface area contributed by atoms with Crippen LogP contribution in [0.4, 0.5) is 15.1 Å². The molecule has 1 N–H and O–H groups in total. The number of hydrogen-bond acceptors (Lipinski definition) is 4. The topological polar surface area (TPSA) is 66.3 Å². The standard InChI is InChI=1S/C9H13N3.CHFO2/c1-2-7-12(8-3-1)9-10-5-4-6-11-9;2-1(3)4/h4-6H,1-3,7-8H2;(H,3,4). The lowest BCUT2D eigenvalue weighted by atomic mass is 10.1. The number of carboxylic acid groups (broad SMARTS) is 1. The lowest BCUT2D eigenvalue weighted by Gasteiger charge is -2.26. The molecule has 2 rings (SSSR count). The summed E-state index contributed by atoms with van der Waals surface area (Å²) in [6.07, 6.45) is 5.17. The second kappa shape index (κ2) is 6.71. The molecule has 1 aliphatic heterocycles. The summed E-state index contributed by atoms with van der Waals surface area (Å²) in [5.41, 5.74) is 0. The van der Waals surface area contributed by atoms with Gasteiger partial charge in [-0.1, -0.05) is 0 Å². The minimum absolute atomic E-state index is 0.886. The van der Waals surface area contributed by atoms with Crippen LogP contribution in [0.3, 0.4) is 0 Å². The second-order valence-electron chi connectivity index (χ2n) is 3.35. The average molecular weight is 227 g/mol. The van der Waals surface area contributed by atoms with Crippen molar-refractivity contribution in [2.75, 3.05) is 18.0 Å². The van der Waals surface area contributed by atoms with Crippen LogP contribution in [0.2, 0.25) is 0 Å². The van der Waals surface area contributed by atoms with Gasteiger partial charge in [0.05, 0.1) is 0 Å². The fourth-order valence-electron chi connectivity index (χ4n) is 1.55. The molecule has 0 aromatic carbocycles. The molecule has 1 saturated heterocycles. The van der Waals surface area contributed by atoms with Crippen LogP contribution in [0.5, 0.6) is 0 Å². The van der Waals surface area contributed by atoms with E-state index in [0.29, 0.717) is 0 Å². The summed E-state index contributed by atoms with van der Waals surface area (Å²) in [5.74, 6) is 0.886. The molecule has 0 spiro atoms. The van der Waals surface area contributed by atoms with Gasteiger partial charge in [-0.05, 0) is 25.3 Å². The normalized spacial score (nSPS) is 14.9. The third-order valence-electron chi connectivity index (χ3n) is 2.19. The smallest absolute Gasteiger partial charge is 0.456 e. The van der Waals surface area contributed by atoms with Crippen molar-refractivity contribution in [1.82, 2.24) is 9.97 Å². The molecule has 0 bridgehead atoms. The van der Waals surface area contributed by atoms with Gasteiger partial charge in [0, 0.05) is 25.5 Å². The monoisotopic (exact) mass is 227 g/mol. The minimum Gasteiger partial charge on any atom is -0.456 e. The van der Waals surface area contributed by atoms with E-state index >= 15 is 0 Å². The molecule has 2 heterocycles. The highest BCUT2D eigenvalue weighted by Crippen LogP contribution is 2.13. The molecule has 16 heavy (non-hydrogen) atoms. The molecule has 0 atom stereocenters. The molecule has 0 aliphatic carbocycles. The average Bonchev–Trinajstić information content (AvgIpc) is 2.31. The number of nitrogens with zero attached hydrogens (tertiary/aromatic N) is 3. The van der Waals surface area contributed by atoms with Crippen LogP contribution in [-0.2, 0) is 0 Å². The summed E-state index contributed by atoms with van der Waals surface area (Å²) in [6.45, 7) is 2.23. The molecule has 88 valence electrons. The van der Waals surface area contributed by atoms with Crippen LogP contribution in [0, 0.1) is 0 Å². The molecule has 5 nitrogen and oxygen atoms in total. The Labute approximate surface area is 92.9 Å². The van der Waals surface area contributed by atoms with Crippen LogP contribution in [0.1, 0.15) is 19.3 Å². The molecule has 1 aromatic heterocycles. The molecule has 0 amide bonds. The highest BCUT2D eigenvalue weighted by atomic mass is 19.1. The summed E-state index contributed by atoms with van der Waals surface area (Å²) < 4.78 is 9.92. The van der Waals surface area contributed by atoms with Gasteiger partial charge in [0.2, 0.25) is 5.95 Å². The fourth-order valence-corrected chi connectivity index (χ4v) is 1.55. The van der Waals surface area contributed by atoms with Crippen molar-refractivity contribution in [2.24, 2.45) is 0 Å². The summed E-state index contributed by atoms with van der Waals surface area (Å²) in [5, 5.41) is 6.75. The first-order valence-corrected chi connectivity index (χ1v) is 5.10. The van der Waals surface area contributed by atoms with E-state index in [1.54, 1.807) is 12.4 Å². The van der Waals surface area contributed by atoms with E-state index in [0.717, 1.165) is 19.0 Å². The molecule has 1 aromatic rings. The largest absolute Gasteiger partial charge is 0.492 e. The molecular weight excluding hydrogens is 213 g/mol. The first-order valence-electron chi connectivity index (χ1n) is 5.10. The number of anilines is 1. The Hall–Kier alpha value is -1.72. The Morgan fingerprint density at radius 1 is 1.25 bits per heavy atom. The van der Waals surface area contributed by atoms with E-state index in [1.807, 2.05) is 6.07 Å². The van der Waals surface area contributed by atoms with E-state index in [-0.39, 0.29) is 0 Å². The SMILES string of the molecule is O=C(O)F.c1cnc(N2CCCCC2)nc1. The number of carbonyl (C=O) groups is 1. The predicted molar refractivity (Wildman–Crippen MR) is 57.2 cm³/mol. The van der Waals surface area contributed by atoms with Crippen molar-refractivity contribution in [3.8, 4) is 0 Å². The molecule has 1 aliphatic rings. The lowest BCUT2D eigenvalue weighted by Crippen LogP contribution is -2.30. The maximum atomic E-state index is 9.92. The maximum absolute atomic E-state index is 9.92. The Morgan fingerprint density at radius 3 is 2.25 bits per heavy atom. The van der Waals surface area contributed by atoms with Gasteiger partial charge in [-0.2, -0.15) is 0 Å². The summed E-state index contributed by atoms with van der Waals surface area (Å²) in [6, 6.07) is 1.85. The van der Waals surface area contributed by atoms with Crippen LogP contribution in [-0.4, -0.2) is 34.4 Å². The Balaban J connectivity index is 0.000000280. The van der Waals surface area contributed by atoms with Crippen LogP contribution >= 0.6 is 0 Å². The molecule has 0 unspecified atom stereocenters. The minimum atomic E-state index is -2.33. The number of hydrogen-bond donors (Lipinski definition) is 1. The van der Waals surface area contributed by atoms with Crippen molar-refractivity contribution in [3.05, 3.63) is 18.5 Å². The first kappa shape index (κ1) is 12.4. The van der Waals surface area contributed by atoms with Crippen molar-refractivity contribution < 1.29 is 14.3 Å². The number of rotatable bonds is 1. The van der Waals surface area contributed by atoms with Crippen molar-refractivity contribution in [2.45, 2.75) is 19.3 Å². The highest BCUT2D eigenvalue weighted by molar-refractivity contribution is 5.54. The lowest BCUT2D eigenvalue weighted by molar-refractivity contribution is 0.169. The van der Waals surface area contributed by atoms with Gasteiger partial charge in [-0.25, -0.2) is 14.8 Å². The fraction of sp³-hybridized carbons (Fsp3) is 0.500. The predicted octanol–water partition coefficient (Wildman–Crippen LogP) is 2.10.